The molecule has 0 fully saturated rings. The minimum atomic E-state index is -0.302. The molecule has 0 spiro atoms. The molecule has 3 aromatic rings. The number of hydrogen-bond acceptors (Lipinski definition) is 6. The molecule has 0 aliphatic carbocycles. The number of nitrogens with zero attached hydrogens (tertiary/aromatic N) is 2. The molecule has 128 valence electrons. The van der Waals surface area contributed by atoms with Gasteiger partial charge in [0, 0.05) is 29.9 Å². The van der Waals surface area contributed by atoms with Crippen LogP contribution < -0.4 is 10.1 Å². The van der Waals surface area contributed by atoms with E-state index in [1.165, 1.54) is 0 Å². The topological polar surface area (TPSA) is 77.2 Å². The predicted octanol–water partition coefficient (Wildman–Crippen LogP) is 3.30. The molecule has 0 saturated heterocycles. The first-order chi connectivity index (χ1) is 12.3. The minimum absolute atomic E-state index is 0.209. The summed E-state index contributed by atoms with van der Waals surface area (Å²) in [6, 6.07) is 13.0. The van der Waals surface area contributed by atoms with Crippen molar-refractivity contribution in [2.75, 3.05) is 6.26 Å². The Morgan fingerprint density at radius 2 is 2.16 bits per heavy atom. The van der Waals surface area contributed by atoms with Gasteiger partial charge >= 0.3 is 0 Å². The first-order valence-electron chi connectivity index (χ1n) is 7.65. The smallest absolute Gasteiger partial charge is 0.273 e. The fourth-order valence-corrected chi connectivity index (χ4v) is 2.69. The highest BCUT2D eigenvalue weighted by atomic mass is 32.2. The van der Waals surface area contributed by atoms with Crippen LogP contribution in [0.25, 0.3) is 0 Å². The van der Waals surface area contributed by atoms with Crippen molar-refractivity contribution >= 4 is 17.7 Å². The number of thioether (sulfide) groups is 1. The van der Waals surface area contributed by atoms with Gasteiger partial charge in [0.15, 0.2) is 11.5 Å². The van der Waals surface area contributed by atoms with Crippen LogP contribution in [0.2, 0.25) is 0 Å². The van der Waals surface area contributed by atoms with Gasteiger partial charge in [-0.25, -0.2) is 0 Å². The van der Waals surface area contributed by atoms with Crippen molar-refractivity contribution < 1.29 is 14.1 Å². The van der Waals surface area contributed by atoms with Gasteiger partial charge in [0.1, 0.15) is 12.4 Å². The van der Waals surface area contributed by atoms with E-state index in [1.807, 2.05) is 42.7 Å². The van der Waals surface area contributed by atoms with Crippen LogP contribution in [-0.4, -0.2) is 22.3 Å². The summed E-state index contributed by atoms with van der Waals surface area (Å²) in [5.74, 6) is 0.958. The van der Waals surface area contributed by atoms with E-state index in [1.54, 1.807) is 30.2 Å². The normalized spacial score (nSPS) is 10.4. The van der Waals surface area contributed by atoms with Crippen LogP contribution >= 0.6 is 11.8 Å². The molecule has 0 unspecified atom stereocenters. The summed E-state index contributed by atoms with van der Waals surface area (Å²) in [6.45, 7) is 0.590. The highest BCUT2D eigenvalue weighted by Gasteiger charge is 2.13. The Bertz CT molecular complexity index is 836. The second-order valence-corrected chi connectivity index (χ2v) is 6.01. The Kier molecular flexibility index (Phi) is 5.69. The molecule has 0 atom stereocenters. The van der Waals surface area contributed by atoms with E-state index in [4.69, 9.17) is 9.26 Å². The monoisotopic (exact) mass is 355 g/mol. The Labute approximate surface area is 149 Å². The minimum Gasteiger partial charge on any atom is -0.484 e. The average Bonchev–Trinajstić information content (AvgIpc) is 3.14. The summed E-state index contributed by atoms with van der Waals surface area (Å²) in [7, 11) is 0. The molecular weight excluding hydrogens is 338 g/mol. The Balaban J connectivity index is 1.55. The second-order valence-electron chi connectivity index (χ2n) is 5.16. The molecule has 25 heavy (non-hydrogen) atoms. The number of amides is 1. The SMILES string of the molecule is CSc1ccccc1OCc1cc(C(=O)NCc2cccnc2)no1. The largest absolute Gasteiger partial charge is 0.484 e. The van der Waals surface area contributed by atoms with Gasteiger partial charge in [-0.15, -0.1) is 11.8 Å². The van der Waals surface area contributed by atoms with Gasteiger partial charge in [0.05, 0.1) is 0 Å². The summed E-state index contributed by atoms with van der Waals surface area (Å²) >= 11 is 1.60. The van der Waals surface area contributed by atoms with E-state index in [-0.39, 0.29) is 18.2 Å². The number of carbonyl (C=O) groups is 1. The Morgan fingerprint density at radius 3 is 2.96 bits per heavy atom. The van der Waals surface area contributed by atoms with Crippen molar-refractivity contribution in [1.29, 1.82) is 0 Å². The number of nitrogens with one attached hydrogen (secondary N) is 1. The highest BCUT2D eigenvalue weighted by molar-refractivity contribution is 7.98. The van der Waals surface area contributed by atoms with Gasteiger partial charge in [0.25, 0.3) is 5.91 Å². The van der Waals surface area contributed by atoms with Crippen LogP contribution in [0.3, 0.4) is 0 Å². The predicted molar refractivity (Wildman–Crippen MR) is 94.5 cm³/mol. The van der Waals surface area contributed by atoms with Crippen LogP contribution in [0.5, 0.6) is 5.75 Å². The van der Waals surface area contributed by atoms with E-state index in [2.05, 4.69) is 15.5 Å². The zero-order valence-corrected chi connectivity index (χ0v) is 14.5. The van der Waals surface area contributed by atoms with Gasteiger partial charge in [-0.2, -0.15) is 0 Å². The summed E-state index contributed by atoms with van der Waals surface area (Å²) in [6.07, 6.45) is 5.37. The van der Waals surface area contributed by atoms with Crippen LogP contribution in [-0.2, 0) is 13.2 Å². The molecule has 2 heterocycles. The van der Waals surface area contributed by atoms with Crippen LogP contribution in [0, 0.1) is 0 Å². The van der Waals surface area contributed by atoms with Gasteiger partial charge in [0.2, 0.25) is 0 Å². The number of hydrogen-bond donors (Lipinski definition) is 1. The maximum absolute atomic E-state index is 12.1. The van der Waals surface area contributed by atoms with Crippen LogP contribution in [0.15, 0.2) is 64.3 Å². The van der Waals surface area contributed by atoms with Crippen LogP contribution in [0.4, 0.5) is 0 Å². The van der Waals surface area contributed by atoms with E-state index >= 15 is 0 Å². The van der Waals surface area contributed by atoms with Crippen molar-refractivity contribution in [3.63, 3.8) is 0 Å². The molecule has 0 bridgehead atoms. The van der Waals surface area contributed by atoms with Crippen molar-refractivity contribution in [2.24, 2.45) is 0 Å². The molecule has 0 radical (unpaired) electrons. The number of ether oxygens (including phenoxy) is 1. The zero-order chi connectivity index (χ0) is 17.5. The molecule has 0 saturated carbocycles. The van der Waals surface area contributed by atoms with E-state index in [9.17, 15) is 4.79 Å². The first kappa shape index (κ1) is 17.0. The maximum atomic E-state index is 12.1. The molecule has 3 rings (SSSR count). The summed E-state index contributed by atoms with van der Waals surface area (Å²) in [5.41, 5.74) is 1.14. The van der Waals surface area contributed by atoms with Gasteiger partial charge < -0.3 is 14.6 Å². The second kappa shape index (κ2) is 8.34. The van der Waals surface area contributed by atoms with E-state index in [0.29, 0.717) is 12.3 Å². The lowest BCUT2D eigenvalue weighted by atomic mass is 10.3. The number of carbonyl (C=O) groups excluding carboxylic acids is 1. The number of para-hydroxylation sites is 1. The molecular formula is C18H17N3O3S. The van der Waals surface area contributed by atoms with Gasteiger partial charge in [-0.05, 0) is 30.0 Å². The third kappa shape index (κ3) is 4.60. The lowest BCUT2D eigenvalue weighted by Gasteiger charge is -2.07. The molecule has 0 aliphatic heterocycles. The number of benzene rings is 1. The van der Waals surface area contributed by atoms with Crippen LogP contribution in [0.1, 0.15) is 21.8 Å². The molecule has 7 heteroatoms. The van der Waals surface area contributed by atoms with Crippen molar-refractivity contribution in [3.8, 4) is 5.75 Å². The highest BCUT2D eigenvalue weighted by Crippen LogP contribution is 2.27. The fourth-order valence-electron chi connectivity index (χ4n) is 2.15. The average molecular weight is 355 g/mol. The lowest BCUT2D eigenvalue weighted by Crippen LogP contribution is -2.23. The number of aromatic nitrogens is 2. The molecule has 1 amide bonds. The van der Waals surface area contributed by atoms with Crippen molar-refractivity contribution in [1.82, 2.24) is 15.5 Å². The zero-order valence-electron chi connectivity index (χ0n) is 13.6. The Morgan fingerprint density at radius 1 is 1.28 bits per heavy atom. The third-order valence-corrected chi connectivity index (χ3v) is 4.18. The quantitative estimate of drug-likeness (QED) is 0.655. The van der Waals surface area contributed by atoms with Gasteiger partial charge in [-0.3, -0.25) is 9.78 Å². The number of rotatable bonds is 7. The molecule has 1 N–H and O–H groups in total. The summed E-state index contributed by atoms with van der Waals surface area (Å²) in [5, 5.41) is 6.57. The maximum Gasteiger partial charge on any atom is 0.273 e. The summed E-state index contributed by atoms with van der Waals surface area (Å²) in [4.78, 5) is 17.1. The standard InChI is InChI=1S/C18H17N3O3S/c1-25-17-7-3-2-6-16(17)23-12-14-9-15(21-24-14)18(22)20-11-13-5-4-8-19-10-13/h2-10H,11-12H2,1H3,(H,20,22). The Hall–Kier alpha value is -2.80. The third-order valence-electron chi connectivity index (χ3n) is 3.41. The lowest BCUT2D eigenvalue weighted by molar-refractivity contribution is 0.0941. The van der Waals surface area contributed by atoms with E-state index < -0.39 is 0 Å². The van der Waals surface area contributed by atoms with Crippen molar-refractivity contribution in [3.05, 3.63) is 71.9 Å². The van der Waals surface area contributed by atoms with Crippen molar-refractivity contribution in [2.45, 2.75) is 18.0 Å². The summed E-state index contributed by atoms with van der Waals surface area (Å²) < 4.78 is 10.9. The molecule has 2 aromatic heterocycles. The first-order valence-corrected chi connectivity index (χ1v) is 8.87. The number of pyridine rings is 1. The molecule has 6 nitrogen and oxygen atoms in total. The molecule has 1 aromatic carbocycles. The molecule has 0 aliphatic rings. The van der Waals surface area contributed by atoms with Gasteiger partial charge in [-0.1, -0.05) is 23.4 Å². The fraction of sp³-hybridized carbons (Fsp3) is 0.167. The van der Waals surface area contributed by atoms with E-state index in [0.717, 1.165) is 16.2 Å².